The summed E-state index contributed by atoms with van der Waals surface area (Å²) in [4.78, 5) is 15.4. The third-order valence-electron chi connectivity index (χ3n) is 2.55. The molecule has 0 fully saturated rings. The third-order valence-corrected chi connectivity index (χ3v) is 2.55. The first kappa shape index (κ1) is 13.6. The molecule has 4 nitrogen and oxygen atoms in total. The molecule has 0 saturated heterocycles. The van der Waals surface area contributed by atoms with Crippen LogP contribution in [0, 0.1) is 0 Å². The molecule has 1 rings (SSSR count). The zero-order valence-corrected chi connectivity index (χ0v) is 10.4. The summed E-state index contributed by atoms with van der Waals surface area (Å²) in [7, 11) is 0. The van der Waals surface area contributed by atoms with Crippen LogP contribution < -0.4 is 11.1 Å². The van der Waals surface area contributed by atoms with Gasteiger partial charge in [0.25, 0.3) is 0 Å². The molecule has 0 aliphatic rings. The number of nitrogens with zero attached hydrogens (tertiary/aromatic N) is 1. The summed E-state index contributed by atoms with van der Waals surface area (Å²) in [5, 5.41) is 2.90. The van der Waals surface area contributed by atoms with Crippen molar-refractivity contribution in [2.24, 2.45) is 5.73 Å². The van der Waals surface area contributed by atoms with Gasteiger partial charge in [-0.25, -0.2) is 0 Å². The summed E-state index contributed by atoms with van der Waals surface area (Å²) < 4.78 is 0. The molecule has 1 unspecified atom stereocenters. The molecule has 17 heavy (non-hydrogen) atoms. The van der Waals surface area contributed by atoms with Crippen LogP contribution in [0.3, 0.4) is 0 Å². The topological polar surface area (TPSA) is 68.0 Å². The van der Waals surface area contributed by atoms with E-state index in [1.165, 1.54) is 5.56 Å². The van der Waals surface area contributed by atoms with Crippen molar-refractivity contribution in [3.63, 3.8) is 0 Å². The Labute approximate surface area is 103 Å². The molecule has 1 amide bonds. The monoisotopic (exact) mass is 235 g/mol. The van der Waals surface area contributed by atoms with E-state index in [-0.39, 0.29) is 11.9 Å². The maximum absolute atomic E-state index is 11.5. The number of rotatable bonds is 7. The normalized spacial score (nSPS) is 12.1. The van der Waals surface area contributed by atoms with Gasteiger partial charge in [0.15, 0.2) is 0 Å². The molecule has 0 spiro atoms. The molecule has 0 saturated carbocycles. The summed E-state index contributed by atoms with van der Waals surface area (Å²) in [6.07, 6.45) is 6.70. The lowest BCUT2D eigenvalue weighted by Crippen LogP contribution is -2.26. The van der Waals surface area contributed by atoms with Gasteiger partial charge in [0.1, 0.15) is 0 Å². The Morgan fingerprint density at radius 1 is 1.47 bits per heavy atom. The van der Waals surface area contributed by atoms with Crippen LogP contribution in [-0.2, 0) is 11.2 Å². The number of amides is 1. The zero-order valence-electron chi connectivity index (χ0n) is 10.4. The fourth-order valence-corrected chi connectivity index (χ4v) is 1.57. The summed E-state index contributed by atoms with van der Waals surface area (Å²) in [5.74, 6) is 0.111. The highest BCUT2D eigenvalue weighted by Gasteiger charge is 2.02. The highest BCUT2D eigenvalue weighted by atomic mass is 16.1. The molecule has 1 atom stereocenters. The molecule has 94 valence electrons. The third kappa shape index (κ3) is 6.68. The summed E-state index contributed by atoms with van der Waals surface area (Å²) in [6.45, 7) is 2.64. The highest BCUT2D eigenvalue weighted by molar-refractivity contribution is 5.75. The van der Waals surface area contributed by atoms with Crippen LogP contribution in [0.5, 0.6) is 0 Å². The predicted octanol–water partition coefficient (Wildman–Crippen LogP) is 1.26. The van der Waals surface area contributed by atoms with Crippen molar-refractivity contribution >= 4 is 5.91 Å². The SMILES string of the molecule is CC(N)CCCC(=O)NCCc1ccncc1. The number of pyridine rings is 1. The summed E-state index contributed by atoms with van der Waals surface area (Å²) in [6, 6.07) is 4.10. The van der Waals surface area contributed by atoms with Gasteiger partial charge >= 0.3 is 0 Å². The number of carbonyl (C=O) groups excluding carboxylic acids is 1. The van der Waals surface area contributed by atoms with Crippen molar-refractivity contribution in [3.05, 3.63) is 30.1 Å². The van der Waals surface area contributed by atoms with Gasteiger partial charge in [0, 0.05) is 31.4 Å². The van der Waals surface area contributed by atoms with E-state index >= 15 is 0 Å². The molecule has 1 aromatic heterocycles. The number of hydrogen-bond donors (Lipinski definition) is 2. The van der Waals surface area contributed by atoms with E-state index < -0.39 is 0 Å². The minimum atomic E-state index is 0.111. The van der Waals surface area contributed by atoms with Crippen molar-refractivity contribution in [1.29, 1.82) is 0 Å². The van der Waals surface area contributed by atoms with Gasteiger partial charge in [0.2, 0.25) is 5.91 Å². The van der Waals surface area contributed by atoms with Crippen LogP contribution in [0.25, 0.3) is 0 Å². The lowest BCUT2D eigenvalue weighted by molar-refractivity contribution is -0.121. The Kier molecular flexibility index (Phi) is 6.25. The van der Waals surface area contributed by atoms with Crippen molar-refractivity contribution in [1.82, 2.24) is 10.3 Å². The van der Waals surface area contributed by atoms with E-state index in [0.717, 1.165) is 19.3 Å². The van der Waals surface area contributed by atoms with Gasteiger partial charge in [-0.3, -0.25) is 9.78 Å². The zero-order chi connectivity index (χ0) is 12.5. The average molecular weight is 235 g/mol. The van der Waals surface area contributed by atoms with E-state index in [1.807, 2.05) is 19.1 Å². The number of aromatic nitrogens is 1. The van der Waals surface area contributed by atoms with Gasteiger partial charge < -0.3 is 11.1 Å². The van der Waals surface area contributed by atoms with E-state index in [9.17, 15) is 4.79 Å². The van der Waals surface area contributed by atoms with E-state index in [1.54, 1.807) is 12.4 Å². The Hall–Kier alpha value is -1.42. The Morgan fingerprint density at radius 2 is 2.18 bits per heavy atom. The first-order valence-electron chi connectivity index (χ1n) is 6.09. The molecule has 1 aromatic rings. The molecule has 0 aliphatic heterocycles. The Bertz CT molecular complexity index is 325. The summed E-state index contributed by atoms with van der Waals surface area (Å²) >= 11 is 0. The second-order valence-corrected chi connectivity index (χ2v) is 4.32. The average Bonchev–Trinajstić information content (AvgIpc) is 2.30. The quantitative estimate of drug-likeness (QED) is 0.747. The van der Waals surface area contributed by atoms with Crippen LogP contribution >= 0.6 is 0 Å². The smallest absolute Gasteiger partial charge is 0.220 e. The van der Waals surface area contributed by atoms with E-state index in [0.29, 0.717) is 13.0 Å². The van der Waals surface area contributed by atoms with Crippen molar-refractivity contribution in [2.75, 3.05) is 6.54 Å². The predicted molar refractivity (Wildman–Crippen MR) is 68.5 cm³/mol. The number of hydrogen-bond acceptors (Lipinski definition) is 3. The van der Waals surface area contributed by atoms with Gasteiger partial charge in [-0.1, -0.05) is 0 Å². The molecule has 0 aromatic carbocycles. The Morgan fingerprint density at radius 3 is 2.82 bits per heavy atom. The summed E-state index contributed by atoms with van der Waals surface area (Å²) in [5.41, 5.74) is 6.81. The molecule has 4 heteroatoms. The number of carbonyl (C=O) groups is 1. The van der Waals surface area contributed by atoms with Crippen LogP contribution in [-0.4, -0.2) is 23.5 Å². The van der Waals surface area contributed by atoms with Gasteiger partial charge in [-0.2, -0.15) is 0 Å². The van der Waals surface area contributed by atoms with Crippen LogP contribution in [0.15, 0.2) is 24.5 Å². The molecule has 0 radical (unpaired) electrons. The molecule has 0 aliphatic carbocycles. The van der Waals surface area contributed by atoms with Crippen LogP contribution in [0.4, 0.5) is 0 Å². The second kappa shape index (κ2) is 7.79. The van der Waals surface area contributed by atoms with Gasteiger partial charge in [-0.05, 0) is 43.9 Å². The van der Waals surface area contributed by atoms with Gasteiger partial charge in [-0.15, -0.1) is 0 Å². The standard InChI is InChI=1S/C13H21N3O/c1-11(14)3-2-4-13(17)16-10-7-12-5-8-15-9-6-12/h5-6,8-9,11H,2-4,7,10,14H2,1H3,(H,16,17). The largest absolute Gasteiger partial charge is 0.356 e. The van der Waals surface area contributed by atoms with Crippen molar-refractivity contribution in [2.45, 2.75) is 38.6 Å². The lowest BCUT2D eigenvalue weighted by Gasteiger charge is -2.06. The molecule has 0 bridgehead atoms. The van der Waals surface area contributed by atoms with E-state index in [2.05, 4.69) is 10.3 Å². The molecule has 3 N–H and O–H groups in total. The Balaban J connectivity index is 2.08. The van der Waals surface area contributed by atoms with Crippen molar-refractivity contribution in [3.8, 4) is 0 Å². The number of nitrogens with one attached hydrogen (secondary N) is 1. The number of nitrogens with two attached hydrogens (primary N) is 1. The molecular formula is C13H21N3O. The lowest BCUT2D eigenvalue weighted by atomic mass is 10.1. The van der Waals surface area contributed by atoms with Crippen LogP contribution in [0.2, 0.25) is 0 Å². The first-order valence-corrected chi connectivity index (χ1v) is 6.09. The molecule has 1 heterocycles. The highest BCUT2D eigenvalue weighted by Crippen LogP contribution is 1.99. The maximum atomic E-state index is 11.5. The van der Waals surface area contributed by atoms with Crippen LogP contribution in [0.1, 0.15) is 31.7 Å². The van der Waals surface area contributed by atoms with E-state index in [4.69, 9.17) is 5.73 Å². The first-order chi connectivity index (χ1) is 8.18. The van der Waals surface area contributed by atoms with Crippen molar-refractivity contribution < 1.29 is 4.79 Å². The minimum absolute atomic E-state index is 0.111. The maximum Gasteiger partial charge on any atom is 0.220 e. The second-order valence-electron chi connectivity index (χ2n) is 4.32. The fourth-order valence-electron chi connectivity index (χ4n) is 1.57. The minimum Gasteiger partial charge on any atom is -0.356 e. The molecular weight excluding hydrogens is 214 g/mol. The van der Waals surface area contributed by atoms with Gasteiger partial charge in [0.05, 0.1) is 0 Å². The fraction of sp³-hybridized carbons (Fsp3) is 0.538.